The van der Waals surface area contributed by atoms with Crippen molar-refractivity contribution < 1.29 is 19.5 Å². The topological polar surface area (TPSA) is 103 Å². The predicted molar refractivity (Wildman–Crippen MR) is 169 cm³/mol. The molecule has 3 N–H and O–H groups in total. The summed E-state index contributed by atoms with van der Waals surface area (Å²) in [5.74, 6) is -1.99. The molecule has 5 aromatic rings. The fourth-order valence-electron chi connectivity index (χ4n) is 5.57. The number of hydrogen-bond acceptors (Lipinski definition) is 3. The highest BCUT2D eigenvalue weighted by atomic mass is 16.4. The lowest BCUT2D eigenvalue weighted by molar-refractivity contribution is -0.142. The number of likely N-dealkylation sites (N-methyl/N-ethyl adjacent to an activating group) is 1. The second kappa shape index (κ2) is 12.8. The average molecular weight is 574 g/mol. The lowest BCUT2D eigenvalue weighted by Gasteiger charge is -2.29. The zero-order chi connectivity index (χ0) is 30.5. The number of carboxylic acids is 1. The monoisotopic (exact) mass is 573 g/mol. The predicted octanol–water partition coefficient (Wildman–Crippen LogP) is 5.95. The first kappa shape index (κ1) is 29.3. The van der Waals surface area contributed by atoms with E-state index in [1.165, 1.54) is 4.90 Å². The van der Waals surface area contributed by atoms with Crippen LogP contribution in [0, 0.1) is 13.8 Å². The molecule has 0 saturated heterocycles. The fourth-order valence-corrected chi connectivity index (χ4v) is 5.57. The Labute approximate surface area is 251 Å². The van der Waals surface area contributed by atoms with Crippen molar-refractivity contribution in [3.05, 3.63) is 131 Å². The van der Waals surface area contributed by atoms with Crippen molar-refractivity contribution in [3.8, 4) is 11.1 Å². The zero-order valence-corrected chi connectivity index (χ0v) is 24.5. The Kier molecular flexibility index (Phi) is 8.71. The first-order valence-electron chi connectivity index (χ1n) is 14.3. The summed E-state index contributed by atoms with van der Waals surface area (Å²) in [7, 11) is 1.60. The summed E-state index contributed by atoms with van der Waals surface area (Å²) in [4.78, 5) is 44.6. The maximum Gasteiger partial charge on any atom is 0.326 e. The zero-order valence-electron chi connectivity index (χ0n) is 24.5. The largest absolute Gasteiger partial charge is 0.480 e. The fraction of sp³-hybridized carbons (Fsp3) is 0.194. The number of aromatic amines is 1. The molecule has 1 heterocycles. The van der Waals surface area contributed by atoms with Crippen LogP contribution in [0.1, 0.15) is 32.6 Å². The Morgan fingerprint density at radius 2 is 1.49 bits per heavy atom. The number of carbonyl (C=O) groups excluding carboxylic acids is 2. The van der Waals surface area contributed by atoms with Crippen LogP contribution in [0.3, 0.4) is 0 Å². The molecule has 1 unspecified atom stereocenters. The summed E-state index contributed by atoms with van der Waals surface area (Å²) < 4.78 is 0. The van der Waals surface area contributed by atoms with E-state index in [1.54, 1.807) is 25.4 Å². The number of rotatable bonds is 10. The van der Waals surface area contributed by atoms with E-state index in [9.17, 15) is 19.5 Å². The van der Waals surface area contributed by atoms with Crippen LogP contribution in [0.5, 0.6) is 0 Å². The second-order valence-electron chi connectivity index (χ2n) is 11.0. The Hall–Kier alpha value is -5.17. The molecule has 43 heavy (non-hydrogen) atoms. The van der Waals surface area contributed by atoms with Gasteiger partial charge in [-0.3, -0.25) is 9.59 Å². The third-order valence-electron chi connectivity index (χ3n) is 7.74. The van der Waals surface area contributed by atoms with Gasteiger partial charge in [0.15, 0.2) is 0 Å². The quantitative estimate of drug-likeness (QED) is 0.192. The third kappa shape index (κ3) is 6.84. The molecular formula is C36H35N3O4. The first-order chi connectivity index (χ1) is 20.7. The molecule has 4 aromatic carbocycles. The molecule has 0 fully saturated rings. The maximum absolute atomic E-state index is 13.9. The van der Waals surface area contributed by atoms with Gasteiger partial charge in [-0.15, -0.1) is 0 Å². The number of nitrogens with zero attached hydrogens (tertiary/aromatic N) is 1. The Balaban J connectivity index is 1.45. The maximum atomic E-state index is 13.9. The van der Waals surface area contributed by atoms with Crippen molar-refractivity contribution in [2.45, 2.75) is 38.8 Å². The average Bonchev–Trinajstić information content (AvgIpc) is 3.41. The molecule has 0 aliphatic carbocycles. The molecular weight excluding hydrogens is 538 g/mol. The highest BCUT2D eigenvalue weighted by Gasteiger charge is 2.32. The molecule has 2 atom stereocenters. The SMILES string of the molecule is Cc1cc(C)cc(C(=O)N(C)C(Cc2cccc(-c3ccccc3)c2)C(=O)N[C@@H](Cc2c[nH]c3ccccc23)C(=O)O)c1. The molecule has 7 nitrogen and oxygen atoms in total. The minimum atomic E-state index is -1.19. The van der Waals surface area contributed by atoms with Crippen LogP contribution in [-0.2, 0) is 22.4 Å². The number of nitrogens with one attached hydrogen (secondary N) is 2. The van der Waals surface area contributed by atoms with Gasteiger partial charge in [0.1, 0.15) is 12.1 Å². The molecule has 0 aliphatic heterocycles. The van der Waals surface area contributed by atoms with Gasteiger partial charge in [-0.1, -0.05) is 90.0 Å². The van der Waals surface area contributed by atoms with Gasteiger partial charge in [0.25, 0.3) is 5.91 Å². The van der Waals surface area contributed by atoms with E-state index in [0.717, 1.165) is 44.3 Å². The number of carbonyl (C=O) groups is 3. The van der Waals surface area contributed by atoms with E-state index in [-0.39, 0.29) is 18.7 Å². The van der Waals surface area contributed by atoms with Gasteiger partial charge >= 0.3 is 5.97 Å². The lowest BCUT2D eigenvalue weighted by atomic mass is 9.97. The number of aromatic nitrogens is 1. The van der Waals surface area contributed by atoms with E-state index in [2.05, 4.69) is 10.3 Å². The summed E-state index contributed by atoms with van der Waals surface area (Å²) in [5, 5.41) is 13.8. The van der Waals surface area contributed by atoms with E-state index >= 15 is 0 Å². The van der Waals surface area contributed by atoms with E-state index < -0.39 is 24.0 Å². The molecule has 0 spiro atoms. The molecule has 1 aromatic heterocycles. The number of fused-ring (bicyclic) bond motifs is 1. The lowest BCUT2D eigenvalue weighted by Crippen LogP contribution is -2.53. The Morgan fingerprint density at radius 1 is 0.814 bits per heavy atom. The molecule has 2 amide bonds. The standard InChI is InChI=1S/C36H35N3O4/c1-23-16-24(2)18-28(17-23)35(41)39(3)33(20-25-10-9-13-27(19-25)26-11-5-4-6-12-26)34(40)38-32(36(42)43)21-29-22-37-31-15-8-7-14-30(29)31/h4-19,22,32-33,37H,20-21H2,1-3H3,(H,38,40)(H,42,43)/t32-,33?/m0/s1. The number of para-hydroxylation sites is 1. The van der Waals surface area contributed by atoms with E-state index in [0.29, 0.717) is 5.56 Å². The summed E-state index contributed by atoms with van der Waals surface area (Å²) in [6.45, 7) is 3.84. The van der Waals surface area contributed by atoms with Crippen molar-refractivity contribution in [1.82, 2.24) is 15.2 Å². The Bertz CT molecular complexity index is 1760. The van der Waals surface area contributed by atoms with Gasteiger partial charge in [-0.05, 0) is 54.3 Å². The summed E-state index contributed by atoms with van der Waals surface area (Å²) in [6.07, 6.45) is 2.07. The van der Waals surface area contributed by atoms with Crippen molar-refractivity contribution in [3.63, 3.8) is 0 Å². The minimum Gasteiger partial charge on any atom is -0.480 e. The molecule has 7 heteroatoms. The molecule has 0 bridgehead atoms. The number of amides is 2. The highest BCUT2D eigenvalue weighted by Crippen LogP contribution is 2.23. The van der Waals surface area contributed by atoms with Crippen LogP contribution in [0.4, 0.5) is 0 Å². The van der Waals surface area contributed by atoms with Gasteiger partial charge in [0, 0.05) is 42.6 Å². The molecule has 218 valence electrons. The van der Waals surface area contributed by atoms with Crippen molar-refractivity contribution >= 4 is 28.7 Å². The van der Waals surface area contributed by atoms with Gasteiger partial charge in [-0.2, -0.15) is 0 Å². The van der Waals surface area contributed by atoms with Gasteiger partial charge < -0.3 is 20.3 Å². The van der Waals surface area contributed by atoms with E-state index in [1.807, 2.05) is 98.8 Å². The van der Waals surface area contributed by atoms with Crippen LogP contribution < -0.4 is 5.32 Å². The van der Waals surface area contributed by atoms with Crippen LogP contribution in [0.15, 0.2) is 103 Å². The van der Waals surface area contributed by atoms with Gasteiger partial charge in [0.05, 0.1) is 0 Å². The molecule has 0 saturated carbocycles. The minimum absolute atomic E-state index is 0.0933. The Morgan fingerprint density at radius 3 is 2.21 bits per heavy atom. The number of H-pyrrole nitrogens is 1. The normalized spacial score (nSPS) is 12.4. The second-order valence-corrected chi connectivity index (χ2v) is 11.0. The van der Waals surface area contributed by atoms with Crippen LogP contribution >= 0.6 is 0 Å². The molecule has 5 rings (SSSR count). The van der Waals surface area contributed by atoms with Gasteiger partial charge in [-0.25, -0.2) is 4.79 Å². The molecule has 0 radical (unpaired) electrons. The third-order valence-corrected chi connectivity index (χ3v) is 7.74. The summed E-state index contributed by atoms with van der Waals surface area (Å²) in [6, 6.07) is 28.8. The number of carboxylic acid groups (broad SMARTS) is 1. The number of aliphatic carboxylic acids is 1. The number of aryl methyl sites for hydroxylation is 2. The first-order valence-corrected chi connectivity index (χ1v) is 14.3. The highest BCUT2D eigenvalue weighted by molar-refractivity contribution is 5.98. The molecule has 0 aliphatic rings. The van der Waals surface area contributed by atoms with Crippen LogP contribution in [0.25, 0.3) is 22.0 Å². The van der Waals surface area contributed by atoms with Gasteiger partial charge in [0.2, 0.25) is 5.91 Å². The van der Waals surface area contributed by atoms with Crippen molar-refractivity contribution in [1.29, 1.82) is 0 Å². The summed E-state index contributed by atoms with van der Waals surface area (Å²) in [5.41, 5.74) is 6.92. The van der Waals surface area contributed by atoms with Crippen LogP contribution in [0.2, 0.25) is 0 Å². The smallest absolute Gasteiger partial charge is 0.326 e. The number of benzene rings is 4. The summed E-state index contributed by atoms with van der Waals surface area (Å²) >= 11 is 0. The van der Waals surface area contributed by atoms with Crippen LogP contribution in [-0.4, -0.2) is 51.9 Å². The van der Waals surface area contributed by atoms with Crippen molar-refractivity contribution in [2.75, 3.05) is 7.05 Å². The van der Waals surface area contributed by atoms with E-state index in [4.69, 9.17) is 0 Å². The van der Waals surface area contributed by atoms with Crippen molar-refractivity contribution in [2.24, 2.45) is 0 Å². The number of hydrogen-bond donors (Lipinski definition) is 3.